The lowest BCUT2D eigenvalue weighted by Crippen LogP contribution is -2.17. The van der Waals surface area contributed by atoms with Gasteiger partial charge in [0.2, 0.25) is 0 Å². The van der Waals surface area contributed by atoms with Crippen molar-refractivity contribution in [3.05, 3.63) is 45.6 Å². The topological polar surface area (TPSA) is 21.3 Å². The Bertz CT molecular complexity index is 556. The maximum Gasteiger partial charge on any atom is 0.573 e. The van der Waals surface area contributed by atoms with E-state index in [1.807, 2.05) is 6.07 Å². The second-order valence-corrected chi connectivity index (χ2v) is 5.43. The van der Waals surface area contributed by atoms with Crippen LogP contribution in [0.1, 0.15) is 4.88 Å². The van der Waals surface area contributed by atoms with Crippen LogP contribution in [0.25, 0.3) is 0 Å². The van der Waals surface area contributed by atoms with E-state index >= 15 is 0 Å². The molecule has 0 fully saturated rings. The van der Waals surface area contributed by atoms with Gasteiger partial charge in [-0.15, -0.1) is 24.5 Å². The lowest BCUT2D eigenvalue weighted by atomic mass is 10.3. The Morgan fingerprint density at radius 3 is 2.63 bits per heavy atom. The summed E-state index contributed by atoms with van der Waals surface area (Å²) < 4.78 is 40.7. The molecule has 0 bridgehead atoms. The summed E-state index contributed by atoms with van der Waals surface area (Å²) in [4.78, 5) is 0.993. The van der Waals surface area contributed by atoms with Gasteiger partial charge in [0, 0.05) is 23.2 Å². The summed E-state index contributed by atoms with van der Waals surface area (Å²) in [5.41, 5.74) is 0.547. The van der Waals surface area contributed by atoms with Gasteiger partial charge in [0.05, 0.1) is 4.34 Å². The number of rotatable bonds is 4. The molecule has 2 aromatic rings. The molecule has 0 atom stereocenters. The summed E-state index contributed by atoms with van der Waals surface area (Å²) in [6.45, 7) is 0.493. The summed E-state index contributed by atoms with van der Waals surface area (Å²) in [5.74, 6) is -0.248. The van der Waals surface area contributed by atoms with Crippen molar-refractivity contribution in [2.45, 2.75) is 12.9 Å². The number of alkyl halides is 3. The van der Waals surface area contributed by atoms with E-state index in [-0.39, 0.29) is 5.75 Å². The highest BCUT2D eigenvalue weighted by molar-refractivity contribution is 7.16. The summed E-state index contributed by atoms with van der Waals surface area (Å²) in [5, 5.41) is 3.00. The van der Waals surface area contributed by atoms with Gasteiger partial charge in [0.25, 0.3) is 0 Å². The third kappa shape index (κ3) is 4.65. The Morgan fingerprint density at radius 1 is 1.21 bits per heavy atom. The molecule has 102 valence electrons. The van der Waals surface area contributed by atoms with E-state index in [1.165, 1.54) is 29.5 Å². The molecule has 0 saturated heterocycles. The summed E-state index contributed by atoms with van der Waals surface area (Å²) in [6.07, 6.45) is -4.68. The molecule has 1 aromatic carbocycles. The minimum atomic E-state index is -4.68. The quantitative estimate of drug-likeness (QED) is 0.866. The summed E-state index contributed by atoms with van der Waals surface area (Å²) >= 11 is 7.20. The average molecular weight is 308 g/mol. The number of anilines is 1. The molecular formula is C12H9ClF3NOS. The number of thiophene rings is 1. The molecule has 0 aliphatic carbocycles. The minimum absolute atomic E-state index is 0.248. The molecule has 2 rings (SSSR count). The highest BCUT2D eigenvalue weighted by atomic mass is 35.5. The minimum Gasteiger partial charge on any atom is -0.406 e. The van der Waals surface area contributed by atoms with Crippen LogP contribution in [0.15, 0.2) is 36.4 Å². The fourth-order valence-corrected chi connectivity index (χ4v) is 2.47. The van der Waals surface area contributed by atoms with E-state index < -0.39 is 6.36 Å². The van der Waals surface area contributed by atoms with Gasteiger partial charge in [-0.25, -0.2) is 0 Å². The molecule has 2 nitrogen and oxygen atoms in total. The maximum atomic E-state index is 12.1. The van der Waals surface area contributed by atoms with E-state index in [1.54, 1.807) is 12.1 Å². The highest BCUT2D eigenvalue weighted by Crippen LogP contribution is 2.26. The summed E-state index contributed by atoms with van der Waals surface area (Å²) in [7, 11) is 0. The first-order chi connectivity index (χ1) is 8.92. The van der Waals surface area contributed by atoms with Crippen LogP contribution in [0.3, 0.4) is 0 Å². The van der Waals surface area contributed by atoms with Crippen molar-refractivity contribution in [2.24, 2.45) is 0 Å². The highest BCUT2D eigenvalue weighted by Gasteiger charge is 2.31. The molecule has 0 amide bonds. The molecule has 1 aromatic heterocycles. The predicted molar refractivity (Wildman–Crippen MR) is 69.8 cm³/mol. The normalized spacial score (nSPS) is 11.4. The first-order valence-corrected chi connectivity index (χ1v) is 6.46. The van der Waals surface area contributed by atoms with E-state index in [4.69, 9.17) is 11.6 Å². The predicted octanol–water partition coefficient (Wildman–Crippen LogP) is 4.91. The zero-order chi connectivity index (χ0) is 13.9. The molecule has 0 saturated carbocycles. The molecule has 0 aliphatic heterocycles. The Morgan fingerprint density at radius 2 is 2.00 bits per heavy atom. The van der Waals surface area contributed by atoms with Crippen LogP contribution in [-0.2, 0) is 6.54 Å². The smallest absolute Gasteiger partial charge is 0.406 e. The van der Waals surface area contributed by atoms with Crippen LogP contribution in [-0.4, -0.2) is 6.36 Å². The van der Waals surface area contributed by atoms with Crippen LogP contribution in [0, 0.1) is 0 Å². The number of halogens is 4. The molecule has 0 aliphatic rings. The van der Waals surface area contributed by atoms with Gasteiger partial charge >= 0.3 is 6.36 Å². The van der Waals surface area contributed by atoms with Crippen molar-refractivity contribution in [2.75, 3.05) is 5.32 Å². The van der Waals surface area contributed by atoms with Crippen molar-refractivity contribution in [3.8, 4) is 5.75 Å². The van der Waals surface area contributed by atoms with Crippen LogP contribution in [0.2, 0.25) is 4.34 Å². The van der Waals surface area contributed by atoms with Gasteiger partial charge in [-0.05, 0) is 24.3 Å². The number of hydrogen-bond acceptors (Lipinski definition) is 3. The lowest BCUT2D eigenvalue weighted by Gasteiger charge is -2.10. The molecule has 1 heterocycles. The molecular weight excluding hydrogens is 299 g/mol. The maximum absolute atomic E-state index is 12.1. The van der Waals surface area contributed by atoms with Gasteiger partial charge in [-0.1, -0.05) is 17.7 Å². The summed E-state index contributed by atoms with van der Waals surface area (Å²) in [6, 6.07) is 9.33. The first kappa shape index (κ1) is 14.0. The van der Waals surface area contributed by atoms with Gasteiger partial charge < -0.3 is 10.1 Å². The van der Waals surface area contributed by atoms with Gasteiger partial charge in [0.1, 0.15) is 5.75 Å². The van der Waals surface area contributed by atoms with E-state index in [0.29, 0.717) is 16.6 Å². The number of nitrogens with one attached hydrogen (secondary N) is 1. The van der Waals surface area contributed by atoms with Crippen molar-refractivity contribution < 1.29 is 17.9 Å². The molecule has 0 unspecified atom stereocenters. The van der Waals surface area contributed by atoms with Crippen molar-refractivity contribution >= 4 is 28.6 Å². The SMILES string of the molecule is FC(F)(F)Oc1cccc(NCc2ccc(Cl)s2)c1. The zero-order valence-corrected chi connectivity index (χ0v) is 11.1. The Labute approximate surface area is 116 Å². The second-order valence-electron chi connectivity index (χ2n) is 3.64. The number of hydrogen-bond donors (Lipinski definition) is 1. The van der Waals surface area contributed by atoms with Crippen LogP contribution >= 0.6 is 22.9 Å². The average Bonchev–Trinajstić information content (AvgIpc) is 2.71. The molecule has 0 spiro atoms. The zero-order valence-electron chi connectivity index (χ0n) is 9.50. The monoisotopic (exact) mass is 307 g/mol. The Balaban J connectivity index is 1.99. The largest absolute Gasteiger partial charge is 0.573 e. The first-order valence-electron chi connectivity index (χ1n) is 5.26. The Hall–Kier alpha value is -1.40. The van der Waals surface area contributed by atoms with Crippen molar-refractivity contribution in [1.82, 2.24) is 0 Å². The van der Waals surface area contributed by atoms with Crippen LogP contribution < -0.4 is 10.1 Å². The fourth-order valence-electron chi connectivity index (χ4n) is 1.44. The molecule has 19 heavy (non-hydrogen) atoms. The Kier molecular flexibility index (Phi) is 4.21. The van der Waals surface area contributed by atoms with Crippen LogP contribution in [0.5, 0.6) is 5.75 Å². The van der Waals surface area contributed by atoms with Gasteiger partial charge in [-0.2, -0.15) is 0 Å². The number of ether oxygens (including phenoxy) is 1. The van der Waals surface area contributed by atoms with Gasteiger partial charge in [-0.3, -0.25) is 0 Å². The second kappa shape index (κ2) is 5.71. The molecule has 1 N–H and O–H groups in total. The van der Waals surface area contributed by atoms with Gasteiger partial charge in [0.15, 0.2) is 0 Å². The van der Waals surface area contributed by atoms with Crippen molar-refractivity contribution in [1.29, 1.82) is 0 Å². The van der Waals surface area contributed by atoms with Crippen molar-refractivity contribution in [3.63, 3.8) is 0 Å². The fraction of sp³-hybridized carbons (Fsp3) is 0.167. The van der Waals surface area contributed by atoms with E-state index in [0.717, 1.165) is 4.88 Å². The van der Waals surface area contributed by atoms with E-state index in [9.17, 15) is 13.2 Å². The molecule has 0 radical (unpaired) electrons. The third-order valence-corrected chi connectivity index (χ3v) is 3.39. The lowest BCUT2D eigenvalue weighted by molar-refractivity contribution is -0.274. The molecule has 7 heteroatoms. The third-order valence-electron chi connectivity index (χ3n) is 2.16. The number of benzene rings is 1. The van der Waals surface area contributed by atoms with E-state index in [2.05, 4.69) is 10.1 Å². The standard InChI is InChI=1S/C12H9ClF3NOS/c13-11-5-4-10(19-11)7-17-8-2-1-3-9(6-8)18-12(14,15)16/h1-6,17H,7H2. The van der Waals surface area contributed by atoms with Crippen LogP contribution in [0.4, 0.5) is 18.9 Å².